The third kappa shape index (κ3) is 8.46. The lowest BCUT2D eigenvalue weighted by molar-refractivity contribution is -0.130. The summed E-state index contributed by atoms with van der Waals surface area (Å²) in [5.74, 6) is 0.421. The van der Waals surface area contributed by atoms with Gasteiger partial charge in [0.15, 0.2) is 0 Å². The molecule has 0 radical (unpaired) electrons. The number of hydrogen-bond acceptors (Lipinski definition) is 7. The molecular formula is C32H43N5O5. The Labute approximate surface area is 249 Å². The van der Waals surface area contributed by atoms with Crippen molar-refractivity contribution in [1.29, 1.82) is 5.26 Å². The maximum absolute atomic E-state index is 13.5. The molecule has 226 valence electrons. The lowest BCUT2D eigenvalue weighted by atomic mass is 10.1. The fourth-order valence-corrected chi connectivity index (χ4v) is 4.95. The molecule has 0 bridgehead atoms. The number of hydrogen-bond donors (Lipinski definition) is 1. The maximum atomic E-state index is 13.5. The highest BCUT2D eigenvalue weighted by Crippen LogP contribution is 2.28. The predicted octanol–water partition coefficient (Wildman–Crippen LogP) is 3.68. The van der Waals surface area contributed by atoms with Gasteiger partial charge in [0.2, 0.25) is 11.8 Å². The molecule has 2 aromatic carbocycles. The number of nitrogens with zero attached hydrogens (tertiary/aromatic N) is 4. The standard InChI is InChI=1S/C32H43N5O5/c1-8-36(31(40)42-32(3,4)5)13-14-37(28-15-23(19-33)10-9-22(28)2)30(39)21-34-20-29(38)35(6)26-16-24-11-12-27(41-7)18-25(24)17-26/h9-12,15,18,26,34H,8,13-14,16-17,20-21H2,1-7H3. The van der Waals surface area contributed by atoms with Gasteiger partial charge in [-0.2, -0.15) is 5.26 Å². The Morgan fingerprint density at radius 2 is 1.71 bits per heavy atom. The second kappa shape index (κ2) is 14.2. The molecule has 0 heterocycles. The number of methoxy groups -OCH3 is 1. The molecule has 10 heteroatoms. The number of anilines is 1. The average molecular weight is 578 g/mol. The Morgan fingerprint density at radius 1 is 1.02 bits per heavy atom. The van der Waals surface area contributed by atoms with Crippen LogP contribution in [-0.2, 0) is 27.2 Å². The van der Waals surface area contributed by atoms with Crippen molar-refractivity contribution in [2.45, 2.75) is 59.1 Å². The number of carbonyl (C=O) groups excluding carboxylic acids is 3. The number of carbonyl (C=O) groups is 3. The van der Waals surface area contributed by atoms with Gasteiger partial charge in [0.25, 0.3) is 0 Å². The van der Waals surface area contributed by atoms with Gasteiger partial charge in [0.05, 0.1) is 31.8 Å². The number of amides is 3. The van der Waals surface area contributed by atoms with Crippen LogP contribution < -0.4 is 15.0 Å². The molecule has 0 fully saturated rings. The van der Waals surface area contributed by atoms with Crippen molar-refractivity contribution in [3.63, 3.8) is 0 Å². The first-order valence-electron chi connectivity index (χ1n) is 14.3. The normalized spacial score (nSPS) is 14.0. The van der Waals surface area contributed by atoms with Crippen LogP contribution in [0.25, 0.3) is 0 Å². The Bertz CT molecular complexity index is 1330. The van der Waals surface area contributed by atoms with Crippen LogP contribution >= 0.6 is 0 Å². The van der Waals surface area contributed by atoms with Crippen LogP contribution in [0, 0.1) is 18.3 Å². The van der Waals surface area contributed by atoms with Crippen molar-refractivity contribution in [1.82, 2.24) is 15.1 Å². The van der Waals surface area contributed by atoms with Crippen molar-refractivity contribution in [3.8, 4) is 11.8 Å². The van der Waals surface area contributed by atoms with E-state index >= 15 is 0 Å². The minimum atomic E-state index is -0.643. The number of nitrogens with one attached hydrogen (secondary N) is 1. The zero-order chi connectivity index (χ0) is 31.0. The molecule has 1 atom stereocenters. The van der Waals surface area contributed by atoms with Gasteiger partial charge in [-0.15, -0.1) is 0 Å². The molecule has 10 nitrogen and oxygen atoms in total. The summed E-state index contributed by atoms with van der Waals surface area (Å²) in [6.07, 6.45) is 1.06. The van der Waals surface area contributed by atoms with E-state index in [9.17, 15) is 19.6 Å². The highest BCUT2D eigenvalue weighted by molar-refractivity contribution is 5.96. The van der Waals surface area contributed by atoms with Gasteiger partial charge >= 0.3 is 6.09 Å². The monoisotopic (exact) mass is 577 g/mol. The molecule has 2 aromatic rings. The third-order valence-corrected chi connectivity index (χ3v) is 7.38. The second-order valence-corrected chi connectivity index (χ2v) is 11.5. The number of fused-ring (bicyclic) bond motifs is 1. The Morgan fingerprint density at radius 3 is 2.36 bits per heavy atom. The minimum absolute atomic E-state index is 0.00244. The van der Waals surface area contributed by atoms with Gasteiger partial charge in [-0.1, -0.05) is 12.1 Å². The van der Waals surface area contributed by atoms with Gasteiger partial charge in [-0.3, -0.25) is 14.9 Å². The van der Waals surface area contributed by atoms with Gasteiger partial charge in [-0.05, 0) is 88.4 Å². The van der Waals surface area contributed by atoms with Crippen LogP contribution in [0.3, 0.4) is 0 Å². The molecule has 0 saturated carbocycles. The van der Waals surface area contributed by atoms with Crippen LogP contribution in [0.2, 0.25) is 0 Å². The van der Waals surface area contributed by atoms with Gasteiger partial charge < -0.3 is 24.2 Å². The van der Waals surface area contributed by atoms with E-state index in [2.05, 4.69) is 11.4 Å². The largest absolute Gasteiger partial charge is 0.497 e. The predicted molar refractivity (Wildman–Crippen MR) is 162 cm³/mol. The zero-order valence-corrected chi connectivity index (χ0v) is 25.8. The van der Waals surface area contributed by atoms with E-state index in [1.165, 1.54) is 16.0 Å². The van der Waals surface area contributed by atoms with Gasteiger partial charge in [0.1, 0.15) is 11.4 Å². The third-order valence-electron chi connectivity index (χ3n) is 7.38. The van der Waals surface area contributed by atoms with E-state index in [-0.39, 0.29) is 44.0 Å². The second-order valence-electron chi connectivity index (χ2n) is 11.5. The van der Waals surface area contributed by atoms with E-state index in [0.717, 1.165) is 24.2 Å². The highest BCUT2D eigenvalue weighted by atomic mass is 16.6. The number of benzene rings is 2. The average Bonchev–Trinajstić information content (AvgIpc) is 3.37. The van der Waals surface area contributed by atoms with E-state index in [0.29, 0.717) is 17.8 Å². The molecule has 1 aliphatic carbocycles. The first kappa shape index (κ1) is 32.4. The lowest BCUT2D eigenvalue weighted by Gasteiger charge is -2.30. The van der Waals surface area contributed by atoms with Crippen molar-refractivity contribution in [2.75, 3.05) is 51.8 Å². The Hall–Kier alpha value is -4.10. The topological polar surface area (TPSA) is 115 Å². The number of rotatable bonds is 11. The number of nitriles is 1. The molecule has 0 aromatic heterocycles. The van der Waals surface area contributed by atoms with E-state index < -0.39 is 11.7 Å². The van der Waals surface area contributed by atoms with E-state index in [1.54, 1.807) is 62.9 Å². The quantitative estimate of drug-likeness (QED) is 0.433. The summed E-state index contributed by atoms with van der Waals surface area (Å²) >= 11 is 0. The summed E-state index contributed by atoms with van der Waals surface area (Å²) in [5, 5.41) is 12.5. The van der Waals surface area contributed by atoms with Crippen LogP contribution in [0.4, 0.5) is 10.5 Å². The molecule has 0 saturated heterocycles. The first-order valence-corrected chi connectivity index (χ1v) is 14.3. The molecule has 0 aliphatic heterocycles. The summed E-state index contributed by atoms with van der Waals surface area (Å²) in [5.41, 5.74) is 3.57. The lowest BCUT2D eigenvalue weighted by Crippen LogP contribution is -2.47. The fraction of sp³-hybridized carbons (Fsp3) is 0.500. The fourth-order valence-electron chi connectivity index (χ4n) is 4.95. The summed E-state index contributed by atoms with van der Waals surface area (Å²) in [6.45, 7) is 9.88. The number of aryl methyl sites for hydroxylation is 1. The molecule has 0 spiro atoms. The van der Waals surface area contributed by atoms with Crippen molar-refractivity contribution < 1.29 is 23.9 Å². The zero-order valence-electron chi connectivity index (χ0n) is 25.8. The summed E-state index contributed by atoms with van der Waals surface area (Å²) in [7, 11) is 3.43. The smallest absolute Gasteiger partial charge is 0.410 e. The highest BCUT2D eigenvalue weighted by Gasteiger charge is 2.28. The SMILES string of the molecule is CCN(CCN(C(=O)CNCC(=O)N(C)C1Cc2ccc(OC)cc2C1)c1cc(C#N)ccc1C)C(=O)OC(C)(C)C. The molecule has 1 N–H and O–H groups in total. The molecule has 1 aliphatic rings. The van der Waals surface area contributed by atoms with Crippen molar-refractivity contribution >= 4 is 23.6 Å². The van der Waals surface area contributed by atoms with Crippen molar-refractivity contribution in [2.24, 2.45) is 0 Å². The number of likely N-dealkylation sites (N-methyl/N-ethyl adjacent to an activating group) is 2. The van der Waals surface area contributed by atoms with Gasteiger partial charge in [0, 0.05) is 38.4 Å². The van der Waals surface area contributed by atoms with Crippen molar-refractivity contribution in [3.05, 3.63) is 58.7 Å². The molecule has 3 rings (SSSR count). The van der Waals surface area contributed by atoms with E-state index in [4.69, 9.17) is 9.47 Å². The minimum Gasteiger partial charge on any atom is -0.497 e. The molecule has 1 unspecified atom stereocenters. The summed E-state index contributed by atoms with van der Waals surface area (Å²) < 4.78 is 10.8. The van der Waals surface area contributed by atoms with E-state index in [1.807, 2.05) is 32.0 Å². The summed E-state index contributed by atoms with van der Waals surface area (Å²) in [4.78, 5) is 44.1. The van der Waals surface area contributed by atoms with Crippen LogP contribution in [0.1, 0.15) is 49.9 Å². The van der Waals surface area contributed by atoms with Crippen LogP contribution in [-0.4, -0.2) is 86.2 Å². The van der Waals surface area contributed by atoms with Crippen LogP contribution in [0.5, 0.6) is 5.75 Å². The molecular weight excluding hydrogens is 534 g/mol. The number of ether oxygens (including phenoxy) is 2. The van der Waals surface area contributed by atoms with Crippen LogP contribution in [0.15, 0.2) is 36.4 Å². The molecule has 42 heavy (non-hydrogen) atoms. The molecule has 3 amide bonds. The maximum Gasteiger partial charge on any atom is 0.410 e. The first-order chi connectivity index (χ1) is 19.9. The Kier molecular flexibility index (Phi) is 10.9. The Balaban J connectivity index is 1.65. The van der Waals surface area contributed by atoms with Gasteiger partial charge in [-0.25, -0.2) is 4.79 Å². The summed E-state index contributed by atoms with van der Waals surface area (Å²) in [6, 6.07) is 13.3.